The number of hydrogen-bond donors (Lipinski definition) is 2. The molecule has 1 saturated carbocycles. The normalized spacial score (nSPS) is 20.5. The molecule has 1 aliphatic rings. The lowest BCUT2D eigenvalue weighted by Gasteiger charge is -2.36. The first kappa shape index (κ1) is 16.5. The number of rotatable bonds is 3. The molecule has 1 aliphatic carbocycles. The van der Waals surface area contributed by atoms with Gasteiger partial charge in [-0.2, -0.15) is 0 Å². The molecule has 2 N–H and O–H groups in total. The SMILES string of the molecule is CC(C)(C)OC(=O)N[C@H]1C[C@@H](NC(=S)Oc2ccccc2)C1. The molecule has 0 unspecified atom stereocenters. The second-order valence-corrected chi connectivity index (χ2v) is 6.73. The zero-order valence-corrected chi connectivity index (χ0v) is 13.9. The molecule has 0 radical (unpaired) electrons. The van der Waals surface area contributed by atoms with Crippen LogP contribution < -0.4 is 15.4 Å². The van der Waals surface area contributed by atoms with Gasteiger partial charge in [0.15, 0.2) is 0 Å². The maximum Gasteiger partial charge on any atom is 0.407 e. The lowest BCUT2D eigenvalue weighted by atomic mass is 9.87. The number of thiocarbonyl (C=S) groups is 1. The van der Waals surface area contributed by atoms with Crippen molar-refractivity contribution < 1.29 is 14.3 Å². The summed E-state index contributed by atoms with van der Waals surface area (Å²) in [4.78, 5) is 11.6. The third kappa shape index (κ3) is 5.52. The molecule has 1 fully saturated rings. The molecule has 0 saturated heterocycles. The Morgan fingerprint density at radius 3 is 2.32 bits per heavy atom. The van der Waals surface area contributed by atoms with E-state index in [1.807, 2.05) is 51.1 Å². The summed E-state index contributed by atoms with van der Waals surface area (Å²) < 4.78 is 10.7. The molecule has 22 heavy (non-hydrogen) atoms. The second kappa shape index (κ2) is 6.96. The Morgan fingerprint density at radius 1 is 1.14 bits per heavy atom. The van der Waals surface area contributed by atoms with Gasteiger partial charge >= 0.3 is 6.09 Å². The minimum atomic E-state index is -0.476. The number of nitrogens with one attached hydrogen (secondary N) is 2. The average Bonchev–Trinajstić information content (AvgIpc) is 2.35. The smallest absolute Gasteiger partial charge is 0.407 e. The Balaban J connectivity index is 1.65. The first-order valence-electron chi connectivity index (χ1n) is 7.35. The number of carbonyl (C=O) groups excluding carboxylic acids is 1. The molecule has 5 nitrogen and oxygen atoms in total. The molecule has 2 rings (SSSR count). The van der Waals surface area contributed by atoms with Gasteiger partial charge in [0, 0.05) is 12.1 Å². The maximum absolute atomic E-state index is 11.6. The van der Waals surface area contributed by atoms with Crippen molar-refractivity contribution in [3.8, 4) is 5.75 Å². The van der Waals surface area contributed by atoms with Crippen LogP contribution in [0.1, 0.15) is 33.6 Å². The highest BCUT2D eigenvalue weighted by Crippen LogP contribution is 2.21. The number of alkyl carbamates (subject to hydrolysis) is 1. The highest BCUT2D eigenvalue weighted by molar-refractivity contribution is 7.80. The number of amides is 1. The Hall–Kier alpha value is -1.82. The van der Waals surface area contributed by atoms with Crippen molar-refractivity contribution in [2.24, 2.45) is 0 Å². The van der Waals surface area contributed by atoms with Crippen molar-refractivity contribution in [1.29, 1.82) is 0 Å². The molecule has 6 heteroatoms. The Bertz CT molecular complexity index is 522. The van der Waals surface area contributed by atoms with Crippen LogP contribution in [-0.2, 0) is 4.74 Å². The molecule has 0 spiro atoms. The van der Waals surface area contributed by atoms with Crippen LogP contribution >= 0.6 is 12.2 Å². The lowest BCUT2D eigenvalue weighted by Crippen LogP contribution is -2.54. The monoisotopic (exact) mass is 322 g/mol. The zero-order chi connectivity index (χ0) is 16.2. The van der Waals surface area contributed by atoms with E-state index in [-0.39, 0.29) is 18.2 Å². The molecule has 0 atom stereocenters. The lowest BCUT2D eigenvalue weighted by molar-refractivity contribution is 0.0469. The van der Waals surface area contributed by atoms with Gasteiger partial charge in [0.2, 0.25) is 0 Å². The maximum atomic E-state index is 11.6. The zero-order valence-electron chi connectivity index (χ0n) is 13.1. The van der Waals surface area contributed by atoms with E-state index in [1.54, 1.807) is 0 Å². The average molecular weight is 322 g/mol. The van der Waals surface area contributed by atoms with E-state index in [0.29, 0.717) is 10.9 Å². The largest absolute Gasteiger partial charge is 0.444 e. The summed E-state index contributed by atoms with van der Waals surface area (Å²) >= 11 is 5.17. The fourth-order valence-electron chi connectivity index (χ4n) is 2.12. The van der Waals surface area contributed by atoms with Crippen molar-refractivity contribution in [2.75, 3.05) is 0 Å². The van der Waals surface area contributed by atoms with Gasteiger partial charge in [0.25, 0.3) is 5.17 Å². The molecule has 1 aromatic rings. The molecule has 1 aromatic carbocycles. The van der Waals surface area contributed by atoms with E-state index in [9.17, 15) is 4.79 Å². The summed E-state index contributed by atoms with van der Waals surface area (Å²) in [6.45, 7) is 5.53. The van der Waals surface area contributed by atoms with Crippen LogP contribution in [-0.4, -0.2) is 29.0 Å². The van der Waals surface area contributed by atoms with Crippen molar-refractivity contribution in [3.05, 3.63) is 30.3 Å². The van der Waals surface area contributed by atoms with Crippen LogP contribution in [0.2, 0.25) is 0 Å². The number of para-hydroxylation sites is 1. The van der Waals surface area contributed by atoms with Gasteiger partial charge in [-0.15, -0.1) is 0 Å². The first-order valence-corrected chi connectivity index (χ1v) is 7.75. The van der Waals surface area contributed by atoms with Gasteiger partial charge < -0.3 is 20.1 Å². The third-order valence-corrected chi connectivity index (χ3v) is 3.34. The summed E-state index contributed by atoms with van der Waals surface area (Å²) in [6, 6.07) is 9.73. The van der Waals surface area contributed by atoms with Crippen LogP contribution in [0.15, 0.2) is 30.3 Å². The van der Waals surface area contributed by atoms with Gasteiger partial charge in [-0.05, 0) is 58.0 Å². The standard InChI is InChI=1S/C16H22N2O3S/c1-16(2,3)21-14(19)17-11-9-12(10-11)18-15(22)20-13-7-5-4-6-8-13/h4-8,11-12H,9-10H2,1-3H3,(H,17,19)(H,18,22)/t11-,12+. The molecule has 0 heterocycles. The van der Waals surface area contributed by atoms with Gasteiger partial charge in [-0.25, -0.2) is 4.79 Å². The van der Waals surface area contributed by atoms with Crippen LogP contribution in [0.3, 0.4) is 0 Å². The predicted molar refractivity (Wildman–Crippen MR) is 89.0 cm³/mol. The Morgan fingerprint density at radius 2 is 1.73 bits per heavy atom. The Kier molecular flexibility index (Phi) is 5.24. The summed E-state index contributed by atoms with van der Waals surface area (Å²) in [6.07, 6.45) is 1.23. The fraction of sp³-hybridized carbons (Fsp3) is 0.500. The van der Waals surface area contributed by atoms with Crippen LogP contribution in [0.4, 0.5) is 4.79 Å². The fourth-order valence-corrected chi connectivity index (χ4v) is 2.38. The van der Waals surface area contributed by atoms with Gasteiger partial charge in [-0.1, -0.05) is 18.2 Å². The summed E-state index contributed by atoms with van der Waals surface area (Å²) in [5, 5.41) is 6.33. The van der Waals surface area contributed by atoms with Gasteiger partial charge in [0.1, 0.15) is 11.4 Å². The van der Waals surface area contributed by atoms with Crippen molar-refractivity contribution >= 4 is 23.5 Å². The van der Waals surface area contributed by atoms with E-state index in [1.165, 1.54) is 0 Å². The molecular formula is C16H22N2O3S. The minimum absolute atomic E-state index is 0.117. The third-order valence-electron chi connectivity index (χ3n) is 3.13. The van der Waals surface area contributed by atoms with E-state index in [2.05, 4.69) is 10.6 Å². The molecular weight excluding hydrogens is 300 g/mol. The van der Waals surface area contributed by atoms with Gasteiger partial charge in [-0.3, -0.25) is 0 Å². The number of hydrogen-bond acceptors (Lipinski definition) is 4. The number of ether oxygens (including phenoxy) is 2. The number of carbonyl (C=O) groups is 1. The topological polar surface area (TPSA) is 59.6 Å². The van der Waals surface area contributed by atoms with Crippen LogP contribution in [0.25, 0.3) is 0 Å². The highest BCUT2D eigenvalue weighted by Gasteiger charge is 2.32. The van der Waals surface area contributed by atoms with Gasteiger partial charge in [0.05, 0.1) is 0 Å². The van der Waals surface area contributed by atoms with Crippen molar-refractivity contribution in [3.63, 3.8) is 0 Å². The highest BCUT2D eigenvalue weighted by atomic mass is 32.1. The van der Waals surface area contributed by atoms with E-state index >= 15 is 0 Å². The molecule has 120 valence electrons. The summed E-state index contributed by atoms with van der Waals surface area (Å²) in [7, 11) is 0. The van der Waals surface area contributed by atoms with Crippen LogP contribution in [0, 0.1) is 0 Å². The van der Waals surface area contributed by atoms with E-state index < -0.39 is 5.60 Å². The number of benzene rings is 1. The van der Waals surface area contributed by atoms with Crippen molar-refractivity contribution in [1.82, 2.24) is 10.6 Å². The molecule has 0 bridgehead atoms. The quantitative estimate of drug-likeness (QED) is 0.838. The predicted octanol–water partition coefficient (Wildman–Crippen LogP) is 3.00. The summed E-state index contributed by atoms with van der Waals surface area (Å²) in [5.74, 6) is 0.711. The second-order valence-electron chi connectivity index (χ2n) is 6.36. The van der Waals surface area contributed by atoms with E-state index in [4.69, 9.17) is 21.7 Å². The first-order chi connectivity index (χ1) is 10.3. The molecule has 0 aliphatic heterocycles. The van der Waals surface area contributed by atoms with E-state index in [0.717, 1.165) is 12.8 Å². The Labute approximate surface area is 136 Å². The van der Waals surface area contributed by atoms with Crippen molar-refractivity contribution in [2.45, 2.75) is 51.3 Å². The minimum Gasteiger partial charge on any atom is -0.444 e. The van der Waals surface area contributed by atoms with Crippen LogP contribution in [0.5, 0.6) is 5.75 Å². The molecule has 0 aromatic heterocycles. The summed E-state index contributed by atoms with van der Waals surface area (Å²) in [5.41, 5.74) is -0.476. The molecule has 1 amide bonds.